The number of carbonyl (C=O) groups excluding carboxylic acids is 1. The molecule has 0 rings (SSSR count). The van der Waals surface area contributed by atoms with Gasteiger partial charge in [-0.25, -0.2) is 0 Å². The normalized spacial score (nSPS) is 13.7. The molecular formula is C64H125NO5. The molecule has 4 atom stereocenters. The average Bonchev–Trinajstić information content (AvgIpc) is 3.36. The molecule has 6 heteroatoms. The van der Waals surface area contributed by atoms with Gasteiger partial charge in [-0.15, -0.1) is 0 Å². The lowest BCUT2D eigenvalue weighted by molar-refractivity contribution is -0.132. The van der Waals surface area contributed by atoms with Crippen molar-refractivity contribution in [2.24, 2.45) is 0 Å². The van der Waals surface area contributed by atoms with E-state index in [-0.39, 0.29) is 0 Å². The van der Waals surface area contributed by atoms with E-state index in [1.807, 2.05) is 0 Å². The van der Waals surface area contributed by atoms with E-state index in [2.05, 4.69) is 43.5 Å². The van der Waals surface area contributed by atoms with Crippen LogP contribution in [-0.2, 0) is 4.79 Å². The summed E-state index contributed by atoms with van der Waals surface area (Å²) in [6, 6.07) is -1.00. The largest absolute Gasteiger partial charge is 0.394 e. The van der Waals surface area contributed by atoms with Crippen LogP contribution in [0.2, 0.25) is 0 Å². The van der Waals surface area contributed by atoms with Gasteiger partial charge in [-0.1, -0.05) is 308 Å². The van der Waals surface area contributed by atoms with Gasteiger partial charge < -0.3 is 25.7 Å². The van der Waals surface area contributed by atoms with Crippen molar-refractivity contribution in [3.8, 4) is 0 Å². The number of aliphatic hydroxyl groups is 4. The van der Waals surface area contributed by atoms with E-state index in [1.165, 1.54) is 283 Å². The summed E-state index contributed by atoms with van der Waals surface area (Å²) in [7, 11) is 0. The third-order valence-corrected chi connectivity index (χ3v) is 15.1. The van der Waals surface area contributed by atoms with Gasteiger partial charge in [0.1, 0.15) is 12.2 Å². The zero-order chi connectivity index (χ0) is 50.9. The monoisotopic (exact) mass is 988 g/mol. The number of rotatable bonds is 59. The molecule has 0 aromatic rings. The van der Waals surface area contributed by atoms with Crippen LogP contribution in [0.3, 0.4) is 0 Å². The minimum Gasteiger partial charge on any atom is -0.394 e. The molecule has 0 bridgehead atoms. The summed E-state index contributed by atoms with van der Waals surface area (Å²) in [5, 5.41) is 44.0. The van der Waals surface area contributed by atoms with E-state index in [9.17, 15) is 25.2 Å². The molecule has 1 amide bonds. The summed E-state index contributed by atoms with van der Waals surface area (Å²) >= 11 is 0. The Morgan fingerprint density at radius 1 is 0.343 bits per heavy atom. The fraction of sp³-hybridized carbons (Fsp3) is 0.922. The van der Waals surface area contributed by atoms with Gasteiger partial charge in [0.05, 0.1) is 18.8 Å². The van der Waals surface area contributed by atoms with E-state index >= 15 is 0 Å². The topological polar surface area (TPSA) is 110 Å². The Labute approximate surface area is 437 Å². The minimum atomic E-state index is -1.28. The average molecular weight is 989 g/mol. The molecule has 70 heavy (non-hydrogen) atoms. The van der Waals surface area contributed by atoms with E-state index in [0.29, 0.717) is 12.8 Å². The van der Waals surface area contributed by atoms with Crippen LogP contribution in [0.25, 0.3) is 0 Å². The van der Waals surface area contributed by atoms with Crippen LogP contribution in [-0.4, -0.2) is 57.3 Å². The van der Waals surface area contributed by atoms with Crippen molar-refractivity contribution >= 4 is 5.91 Å². The summed E-state index contributed by atoms with van der Waals surface area (Å²) in [4.78, 5) is 12.6. The molecule has 0 saturated heterocycles. The fourth-order valence-electron chi connectivity index (χ4n) is 10.2. The molecule has 0 spiro atoms. The maximum atomic E-state index is 12.6. The van der Waals surface area contributed by atoms with Crippen LogP contribution in [0.1, 0.15) is 348 Å². The number of nitrogens with one attached hydrogen (secondary N) is 1. The first-order valence-electron chi connectivity index (χ1n) is 31.7. The highest BCUT2D eigenvalue weighted by atomic mass is 16.3. The lowest BCUT2D eigenvalue weighted by Crippen LogP contribution is -2.53. The highest BCUT2D eigenvalue weighted by Gasteiger charge is 2.28. The van der Waals surface area contributed by atoms with Crippen LogP contribution in [0.5, 0.6) is 0 Å². The maximum Gasteiger partial charge on any atom is 0.249 e. The molecule has 0 fully saturated rings. The number of aliphatic hydroxyl groups excluding tert-OH is 4. The molecule has 0 aliphatic rings. The summed E-state index contributed by atoms with van der Waals surface area (Å²) in [6.45, 7) is 4.09. The molecule has 4 unspecified atom stereocenters. The van der Waals surface area contributed by atoms with Crippen LogP contribution in [0.15, 0.2) is 24.3 Å². The zero-order valence-electron chi connectivity index (χ0n) is 47.3. The standard InChI is InChI=1S/C64H125NO5/c1-3-5-7-9-11-13-15-17-19-21-23-25-26-27-28-29-30-31-32-33-34-35-36-37-38-40-42-44-46-48-50-52-54-56-58-62(68)64(70)65-60(59-66)63(69)61(67)57-55-53-51-49-47-45-43-41-39-24-22-20-18-16-14-12-10-8-6-4-2/h29-30,49,51,60-63,66-69H,3-28,31-48,50,52-59H2,1-2H3,(H,65,70)/b30-29-,51-49+. The van der Waals surface area contributed by atoms with Gasteiger partial charge in [-0.3, -0.25) is 4.79 Å². The second-order valence-corrected chi connectivity index (χ2v) is 22.1. The van der Waals surface area contributed by atoms with Crippen molar-refractivity contribution in [1.82, 2.24) is 5.32 Å². The number of allylic oxidation sites excluding steroid dienone is 4. The summed E-state index contributed by atoms with van der Waals surface area (Å²) in [5.74, 6) is -0.587. The van der Waals surface area contributed by atoms with Crippen LogP contribution < -0.4 is 5.32 Å². The molecule has 5 N–H and O–H groups in total. The van der Waals surface area contributed by atoms with Gasteiger partial charge in [-0.05, 0) is 64.2 Å². The number of hydrogen-bond donors (Lipinski definition) is 5. The predicted molar refractivity (Wildman–Crippen MR) is 307 cm³/mol. The second-order valence-electron chi connectivity index (χ2n) is 22.1. The zero-order valence-corrected chi connectivity index (χ0v) is 47.3. The Hall–Kier alpha value is -1.21. The molecule has 416 valence electrons. The fourth-order valence-corrected chi connectivity index (χ4v) is 10.2. The van der Waals surface area contributed by atoms with E-state index in [0.717, 1.165) is 38.5 Å². The first-order chi connectivity index (χ1) is 34.5. The van der Waals surface area contributed by atoms with E-state index < -0.39 is 36.9 Å². The Balaban J connectivity index is 3.56. The Bertz CT molecular complexity index is 1060. The van der Waals surface area contributed by atoms with Gasteiger partial charge in [-0.2, -0.15) is 0 Å². The van der Waals surface area contributed by atoms with Gasteiger partial charge in [0, 0.05) is 0 Å². The second kappa shape index (κ2) is 58.7. The van der Waals surface area contributed by atoms with Crippen LogP contribution in [0, 0.1) is 0 Å². The maximum absolute atomic E-state index is 12.6. The van der Waals surface area contributed by atoms with Gasteiger partial charge in [0.15, 0.2) is 0 Å². The summed E-state index contributed by atoms with van der Waals surface area (Å²) < 4.78 is 0. The van der Waals surface area contributed by atoms with Gasteiger partial charge in [0.2, 0.25) is 5.91 Å². The Morgan fingerprint density at radius 3 is 0.857 bits per heavy atom. The number of unbranched alkanes of at least 4 members (excludes halogenated alkanes) is 46. The molecule has 0 saturated carbocycles. The summed E-state index contributed by atoms with van der Waals surface area (Å²) in [5.41, 5.74) is 0. The third-order valence-electron chi connectivity index (χ3n) is 15.1. The van der Waals surface area contributed by atoms with Crippen molar-refractivity contribution < 1.29 is 25.2 Å². The highest BCUT2D eigenvalue weighted by molar-refractivity contribution is 5.80. The molecule has 0 aromatic carbocycles. The van der Waals surface area contributed by atoms with Crippen LogP contribution in [0.4, 0.5) is 0 Å². The first-order valence-corrected chi connectivity index (χ1v) is 31.7. The molecule has 0 aliphatic carbocycles. The first kappa shape index (κ1) is 68.8. The van der Waals surface area contributed by atoms with Crippen molar-refractivity contribution in [1.29, 1.82) is 0 Å². The smallest absolute Gasteiger partial charge is 0.249 e. The summed E-state index contributed by atoms with van der Waals surface area (Å²) in [6.07, 6.45) is 72.8. The van der Waals surface area contributed by atoms with Gasteiger partial charge in [0.25, 0.3) is 0 Å². The number of carbonyl (C=O) groups is 1. The van der Waals surface area contributed by atoms with Crippen molar-refractivity contribution in [3.05, 3.63) is 24.3 Å². The third kappa shape index (κ3) is 51.7. The lowest BCUT2D eigenvalue weighted by atomic mass is 10.00. The quantitative estimate of drug-likeness (QED) is 0.0308. The predicted octanol–water partition coefficient (Wildman–Crippen LogP) is 19.0. The molecular weight excluding hydrogens is 863 g/mol. The van der Waals surface area contributed by atoms with Crippen molar-refractivity contribution in [2.45, 2.75) is 372 Å². The molecule has 6 nitrogen and oxygen atoms in total. The Kier molecular flexibility index (Phi) is 57.7. The van der Waals surface area contributed by atoms with Gasteiger partial charge >= 0.3 is 0 Å². The highest BCUT2D eigenvalue weighted by Crippen LogP contribution is 2.18. The SMILES string of the molecule is CCCCCCCCCCCCCCCC/C=C\CCCCCCCCCCCCCCCCCCC(O)C(=O)NC(CO)C(O)C(O)CCC/C=C/CCCCCCCCCCCCCCCCC. The van der Waals surface area contributed by atoms with E-state index in [1.54, 1.807) is 0 Å². The molecule has 0 aliphatic heterocycles. The van der Waals surface area contributed by atoms with Crippen molar-refractivity contribution in [3.63, 3.8) is 0 Å². The van der Waals surface area contributed by atoms with Crippen LogP contribution >= 0.6 is 0 Å². The number of amides is 1. The van der Waals surface area contributed by atoms with Crippen molar-refractivity contribution in [2.75, 3.05) is 6.61 Å². The number of hydrogen-bond acceptors (Lipinski definition) is 5. The molecule has 0 aromatic heterocycles. The lowest BCUT2D eigenvalue weighted by Gasteiger charge is -2.27. The molecule has 0 radical (unpaired) electrons. The Morgan fingerprint density at radius 2 is 0.586 bits per heavy atom. The van der Waals surface area contributed by atoms with E-state index in [4.69, 9.17) is 0 Å². The minimum absolute atomic E-state index is 0.366. The molecule has 0 heterocycles.